The Morgan fingerprint density at radius 1 is 1.13 bits per heavy atom. The summed E-state index contributed by atoms with van der Waals surface area (Å²) in [6.07, 6.45) is -0.0653. The molecule has 1 aliphatic heterocycles. The van der Waals surface area contributed by atoms with Crippen LogP contribution in [0.2, 0.25) is 0 Å². The van der Waals surface area contributed by atoms with E-state index in [1.807, 2.05) is 30.3 Å². The van der Waals surface area contributed by atoms with Gasteiger partial charge in [-0.3, -0.25) is 14.4 Å². The number of aliphatic carboxylic acids is 1. The molecule has 2 rings (SSSR count). The van der Waals surface area contributed by atoms with Crippen LogP contribution in [0, 0.1) is 22.2 Å². The van der Waals surface area contributed by atoms with E-state index in [-0.39, 0.29) is 50.9 Å². The lowest BCUT2D eigenvalue weighted by Crippen LogP contribution is -2.47. The number of benzene rings is 1. The summed E-state index contributed by atoms with van der Waals surface area (Å²) in [4.78, 5) is 49.5. The second kappa shape index (κ2) is 14.7. The van der Waals surface area contributed by atoms with Crippen molar-refractivity contribution < 1.29 is 38.5 Å². The Hall–Kier alpha value is -3.17. The van der Waals surface area contributed by atoms with E-state index < -0.39 is 28.9 Å². The van der Waals surface area contributed by atoms with E-state index in [0.29, 0.717) is 17.2 Å². The number of thiocarbonyl (C=S) groups is 1. The van der Waals surface area contributed by atoms with Crippen LogP contribution in [0.15, 0.2) is 30.3 Å². The SMILES string of the molecule is CC(C#N)(CCC(=O)O)C(C)(CSC(=S)c1ccccc1)C(=O)OCCOC(=O)OCCN1CCCC1=O. The van der Waals surface area contributed by atoms with Crippen molar-refractivity contribution in [2.75, 3.05) is 38.7 Å². The molecular formula is C26H32N2O8S2. The fourth-order valence-electron chi connectivity index (χ4n) is 3.76. The lowest BCUT2D eigenvalue weighted by molar-refractivity contribution is -0.161. The Morgan fingerprint density at radius 2 is 1.79 bits per heavy atom. The molecule has 1 aromatic rings. The van der Waals surface area contributed by atoms with Gasteiger partial charge in [0, 0.05) is 25.1 Å². The first-order valence-electron chi connectivity index (χ1n) is 12.1. The standard InChI is InChI=1S/C26H32N2O8S2/c1-25(17-27,11-10-21(30)31)26(2,18-38-22(37)19-7-4-3-5-8-19)23(32)34-15-16-36-24(33)35-14-13-28-12-6-9-20(28)29/h3-5,7-8H,6,9-16,18H2,1-2H3,(H,30,31). The Labute approximate surface area is 231 Å². The molecule has 1 aromatic carbocycles. The quantitative estimate of drug-likeness (QED) is 0.200. The number of hydrogen-bond donors (Lipinski definition) is 1. The number of ether oxygens (including phenoxy) is 3. The maximum atomic E-state index is 13.3. The second-order valence-corrected chi connectivity index (χ2v) is 10.8. The van der Waals surface area contributed by atoms with Gasteiger partial charge in [0.25, 0.3) is 0 Å². The zero-order valence-electron chi connectivity index (χ0n) is 21.5. The van der Waals surface area contributed by atoms with Crippen molar-refractivity contribution in [3.8, 4) is 6.07 Å². The first-order valence-corrected chi connectivity index (χ1v) is 13.5. The minimum atomic E-state index is -1.43. The molecule has 1 fully saturated rings. The summed E-state index contributed by atoms with van der Waals surface area (Å²) in [5.41, 5.74) is -2.02. The number of carbonyl (C=O) groups is 4. The first-order chi connectivity index (χ1) is 18.0. The molecule has 2 atom stereocenters. The Kier molecular flexibility index (Phi) is 12.0. The number of nitrogens with zero attached hydrogens (tertiary/aromatic N) is 2. The number of rotatable bonds is 14. The number of carbonyl (C=O) groups excluding carboxylic acids is 3. The molecule has 0 radical (unpaired) electrons. The molecule has 0 spiro atoms. The predicted molar refractivity (Wildman–Crippen MR) is 143 cm³/mol. The van der Waals surface area contributed by atoms with Crippen LogP contribution in [0.4, 0.5) is 4.79 Å². The molecule has 2 unspecified atom stereocenters. The van der Waals surface area contributed by atoms with Gasteiger partial charge in [0.2, 0.25) is 5.91 Å². The first kappa shape index (κ1) is 31.1. The van der Waals surface area contributed by atoms with Crippen LogP contribution in [0.25, 0.3) is 0 Å². The van der Waals surface area contributed by atoms with Crippen molar-refractivity contribution >= 4 is 52.2 Å². The molecule has 0 saturated carbocycles. The third-order valence-corrected chi connectivity index (χ3v) is 8.35. The predicted octanol–water partition coefficient (Wildman–Crippen LogP) is 3.82. The summed E-state index contributed by atoms with van der Waals surface area (Å²) in [5, 5.41) is 19.2. The number of nitriles is 1. The summed E-state index contributed by atoms with van der Waals surface area (Å²) in [7, 11) is 0. The molecule has 12 heteroatoms. The van der Waals surface area contributed by atoms with E-state index >= 15 is 0 Å². The van der Waals surface area contributed by atoms with Crippen LogP contribution in [0.1, 0.15) is 45.1 Å². The van der Waals surface area contributed by atoms with Crippen LogP contribution < -0.4 is 0 Å². The lowest BCUT2D eigenvalue weighted by Gasteiger charge is -2.39. The number of esters is 1. The monoisotopic (exact) mass is 564 g/mol. The normalized spacial score (nSPS) is 16.0. The maximum Gasteiger partial charge on any atom is 0.508 e. The molecule has 1 saturated heterocycles. The van der Waals surface area contributed by atoms with E-state index in [1.54, 1.807) is 11.8 Å². The molecule has 1 N–H and O–H groups in total. The fraction of sp³-hybridized carbons (Fsp3) is 0.538. The van der Waals surface area contributed by atoms with Gasteiger partial charge in [0.1, 0.15) is 19.8 Å². The number of thioether (sulfide) groups is 1. The molecule has 0 aliphatic carbocycles. The molecule has 1 amide bonds. The van der Waals surface area contributed by atoms with Crippen LogP contribution in [0.5, 0.6) is 0 Å². The largest absolute Gasteiger partial charge is 0.508 e. The summed E-state index contributed by atoms with van der Waals surface area (Å²) in [5.74, 6) is -1.73. The molecule has 38 heavy (non-hydrogen) atoms. The highest BCUT2D eigenvalue weighted by atomic mass is 32.2. The second-order valence-electron chi connectivity index (χ2n) is 9.18. The van der Waals surface area contributed by atoms with Crippen LogP contribution >= 0.6 is 24.0 Å². The van der Waals surface area contributed by atoms with Crippen molar-refractivity contribution in [2.24, 2.45) is 10.8 Å². The zero-order chi connectivity index (χ0) is 28.2. The van der Waals surface area contributed by atoms with E-state index in [4.69, 9.17) is 26.4 Å². The van der Waals surface area contributed by atoms with Crippen molar-refractivity contribution in [2.45, 2.75) is 39.5 Å². The fourth-order valence-corrected chi connectivity index (χ4v) is 5.23. The molecule has 0 bridgehead atoms. The zero-order valence-corrected chi connectivity index (χ0v) is 23.1. The van der Waals surface area contributed by atoms with Crippen molar-refractivity contribution in [3.05, 3.63) is 35.9 Å². The highest BCUT2D eigenvalue weighted by Crippen LogP contribution is 2.46. The smallest absolute Gasteiger partial charge is 0.481 e. The van der Waals surface area contributed by atoms with E-state index in [0.717, 1.165) is 12.0 Å². The van der Waals surface area contributed by atoms with E-state index in [9.17, 15) is 29.5 Å². The third kappa shape index (κ3) is 8.70. The average molecular weight is 565 g/mol. The number of carboxylic acid groups (broad SMARTS) is 1. The molecule has 1 aliphatic rings. The van der Waals surface area contributed by atoms with Crippen molar-refractivity contribution in [3.63, 3.8) is 0 Å². The molecule has 206 valence electrons. The van der Waals surface area contributed by atoms with Crippen LogP contribution in [0.3, 0.4) is 0 Å². The van der Waals surface area contributed by atoms with Crippen LogP contribution in [-0.4, -0.2) is 76.9 Å². The molecule has 1 heterocycles. The number of hydrogen-bond acceptors (Lipinski definition) is 10. The topological polar surface area (TPSA) is 143 Å². The van der Waals surface area contributed by atoms with Gasteiger partial charge in [-0.05, 0) is 32.3 Å². The van der Waals surface area contributed by atoms with Gasteiger partial charge in [-0.15, -0.1) is 11.8 Å². The molecular weight excluding hydrogens is 532 g/mol. The Bertz CT molecular complexity index is 1060. The summed E-state index contributed by atoms with van der Waals surface area (Å²) >= 11 is 6.70. The minimum Gasteiger partial charge on any atom is -0.481 e. The highest BCUT2D eigenvalue weighted by Gasteiger charge is 2.52. The van der Waals surface area contributed by atoms with E-state index in [1.165, 1.54) is 18.7 Å². The number of carboxylic acids is 1. The summed E-state index contributed by atoms with van der Waals surface area (Å²) in [6, 6.07) is 11.3. The van der Waals surface area contributed by atoms with Crippen molar-refractivity contribution in [1.29, 1.82) is 5.26 Å². The maximum absolute atomic E-state index is 13.3. The number of amides is 1. The minimum absolute atomic E-state index is 0.00885. The average Bonchev–Trinajstić information content (AvgIpc) is 3.32. The molecule has 0 aromatic heterocycles. The Morgan fingerprint density at radius 3 is 2.39 bits per heavy atom. The Balaban J connectivity index is 1.95. The van der Waals surface area contributed by atoms with Gasteiger partial charge < -0.3 is 24.2 Å². The van der Waals surface area contributed by atoms with Gasteiger partial charge in [0.15, 0.2) is 0 Å². The molecule has 10 nitrogen and oxygen atoms in total. The lowest BCUT2D eigenvalue weighted by atomic mass is 9.65. The van der Waals surface area contributed by atoms with Gasteiger partial charge >= 0.3 is 18.1 Å². The van der Waals surface area contributed by atoms with Gasteiger partial charge in [0.05, 0.1) is 27.6 Å². The third-order valence-electron chi connectivity index (χ3n) is 6.54. The van der Waals surface area contributed by atoms with E-state index in [2.05, 4.69) is 6.07 Å². The summed E-state index contributed by atoms with van der Waals surface area (Å²) < 4.78 is 15.8. The number of likely N-dealkylation sites (tertiary alicyclic amines) is 1. The summed E-state index contributed by atoms with van der Waals surface area (Å²) in [6.45, 7) is 3.42. The van der Waals surface area contributed by atoms with Gasteiger partial charge in [-0.25, -0.2) is 4.79 Å². The van der Waals surface area contributed by atoms with Crippen molar-refractivity contribution in [1.82, 2.24) is 4.90 Å². The van der Waals surface area contributed by atoms with Gasteiger partial charge in [-0.1, -0.05) is 42.5 Å². The van der Waals surface area contributed by atoms with Gasteiger partial charge in [-0.2, -0.15) is 5.26 Å². The van der Waals surface area contributed by atoms with Crippen LogP contribution in [-0.2, 0) is 28.6 Å². The highest BCUT2D eigenvalue weighted by molar-refractivity contribution is 8.23.